The fourth-order valence-electron chi connectivity index (χ4n) is 2.65. The predicted octanol–water partition coefficient (Wildman–Crippen LogP) is 5.40. The van der Waals surface area contributed by atoms with E-state index in [1.165, 1.54) is 0 Å². The molecule has 128 valence electrons. The number of ether oxygens (including phenoxy) is 1. The molecule has 0 saturated heterocycles. The molecule has 0 spiro atoms. The minimum atomic E-state index is -1.05. The molecule has 3 rings (SSSR count). The van der Waals surface area contributed by atoms with Gasteiger partial charge < -0.3 is 9.84 Å². The highest BCUT2D eigenvalue weighted by Crippen LogP contribution is 2.32. The second-order valence-corrected chi connectivity index (χ2v) is 6.11. The third kappa shape index (κ3) is 4.26. The van der Waals surface area contributed by atoms with Crippen molar-refractivity contribution in [3.8, 4) is 11.1 Å². The molecule has 3 aromatic carbocycles. The van der Waals surface area contributed by atoms with E-state index in [2.05, 4.69) is 0 Å². The van der Waals surface area contributed by atoms with E-state index in [0.717, 1.165) is 5.56 Å². The van der Waals surface area contributed by atoms with Gasteiger partial charge in [0.2, 0.25) is 0 Å². The van der Waals surface area contributed by atoms with Gasteiger partial charge in [-0.3, -0.25) is 0 Å². The molecule has 0 radical (unpaired) electrons. The van der Waals surface area contributed by atoms with Crippen molar-refractivity contribution in [2.75, 3.05) is 6.61 Å². The molecule has 0 heterocycles. The van der Waals surface area contributed by atoms with E-state index in [-0.39, 0.29) is 12.2 Å². The van der Waals surface area contributed by atoms with Crippen LogP contribution in [0.5, 0.6) is 0 Å². The Bertz CT molecular complexity index is 836. The van der Waals surface area contributed by atoms with Crippen LogP contribution in [0.25, 0.3) is 11.1 Å². The van der Waals surface area contributed by atoms with Crippen molar-refractivity contribution in [1.82, 2.24) is 0 Å². The normalized spacial score (nSPS) is 12.1. The lowest BCUT2D eigenvalue weighted by Gasteiger charge is -2.15. The molecule has 1 N–H and O–H groups in total. The number of hydrogen-bond donors (Lipinski definition) is 1. The highest BCUT2D eigenvalue weighted by Gasteiger charge is 2.18. The van der Waals surface area contributed by atoms with Gasteiger partial charge in [-0.25, -0.2) is 4.39 Å². The summed E-state index contributed by atoms with van der Waals surface area (Å²) in [4.78, 5) is 0. The maximum absolute atomic E-state index is 14.9. The van der Waals surface area contributed by atoms with Crippen LogP contribution >= 0.6 is 11.6 Å². The second-order valence-electron chi connectivity index (χ2n) is 5.71. The summed E-state index contributed by atoms with van der Waals surface area (Å²) in [7, 11) is 0. The zero-order valence-electron chi connectivity index (χ0n) is 13.5. The van der Waals surface area contributed by atoms with Gasteiger partial charge in [0.15, 0.2) is 0 Å². The van der Waals surface area contributed by atoms with Crippen LogP contribution in [0.15, 0.2) is 72.8 Å². The second kappa shape index (κ2) is 8.26. The van der Waals surface area contributed by atoms with Crippen LogP contribution in [0.2, 0.25) is 5.02 Å². The fourth-order valence-corrected chi connectivity index (χ4v) is 2.88. The summed E-state index contributed by atoms with van der Waals surface area (Å²) in [5.74, 6) is -0.480. The number of aliphatic hydroxyl groups is 1. The Morgan fingerprint density at radius 3 is 2.32 bits per heavy atom. The standard InChI is InChI=1S/C21H18ClFO2/c22-19-12-5-4-9-16(19)17-10-6-11-18(21(17)23)20(24)14-25-13-15-7-2-1-3-8-15/h1-12,20,24H,13-14H2. The van der Waals surface area contributed by atoms with Gasteiger partial charge in [-0.05, 0) is 11.6 Å². The third-order valence-corrected chi connectivity index (χ3v) is 4.27. The number of rotatable bonds is 6. The highest BCUT2D eigenvalue weighted by molar-refractivity contribution is 6.33. The maximum Gasteiger partial charge on any atom is 0.136 e. The molecule has 3 aromatic rings. The summed E-state index contributed by atoms with van der Waals surface area (Å²) in [6.45, 7) is 0.377. The number of halogens is 2. The van der Waals surface area contributed by atoms with Gasteiger partial charge in [-0.1, -0.05) is 78.3 Å². The lowest BCUT2D eigenvalue weighted by atomic mass is 9.99. The van der Waals surface area contributed by atoms with Gasteiger partial charge in [0.05, 0.1) is 13.2 Å². The van der Waals surface area contributed by atoms with E-state index in [1.54, 1.807) is 42.5 Å². The van der Waals surface area contributed by atoms with Crippen LogP contribution in [-0.4, -0.2) is 11.7 Å². The number of hydrogen-bond acceptors (Lipinski definition) is 2. The molecule has 0 aliphatic rings. The van der Waals surface area contributed by atoms with Crippen molar-refractivity contribution in [2.24, 2.45) is 0 Å². The first-order valence-electron chi connectivity index (χ1n) is 8.00. The lowest BCUT2D eigenvalue weighted by Crippen LogP contribution is -2.09. The first-order chi connectivity index (χ1) is 12.2. The van der Waals surface area contributed by atoms with Crippen LogP contribution in [-0.2, 0) is 11.3 Å². The van der Waals surface area contributed by atoms with Crippen molar-refractivity contribution in [2.45, 2.75) is 12.7 Å². The largest absolute Gasteiger partial charge is 0.386 e. The van der Waals surface area contributed by atoms with Gasteiger partial charge in [-0.15, -0.1) is 0 Å². The third-order valence-electron chi connectivity index (χ3n) is 3.94. The Morgan fingerprint density at radius 1 is 0.880 bits per heavy atom. The molecule has 0 aromatic heterocycles. The monoisotopic (exact) mass is 356 g/mol. The Labute approximate surface area is 151 Å². The van der Waals surface area contributed by atoms with E-state index < -0.39 is 11.9 Å². The van der Waals surface area contributed by atoms with E-state index in [4.69, 9.17) is 16.3 Å². The van der Waals surface area contributed by atoms with E-state index in [9.17, 15) is 9.50 Å². The SMILES string of the molecule is OC(COCc1ccccc1)c1cccc(-c2ccccc2Cl)c1F. The summed E-state index contributed by atoms with van der Waals surface area (Å²) in [6, 6.07) is 21.6. The van der Waals surface area contributed by atoms with Gasteiger partial charge >= 0.3 is 0 Å². The van der Waals surface area contributed by atoms with Gasteiger partial charge in [0.25, 0.3) is 0 Å². The highest BCUT2D eigenvalue weighted by atomic mass is 35.5. The number of benzene rings is 3. The van der Waals surface area contributed by atoms with Gasteiger partial charge in [-0.2, -0.15) is 0 Å². The van der Waals surface area contributed by atoms with Crippen LogP contribution in [0.4, 0.5) is 4.39 Å². The first kappa shape index (κ1) is 17.6. The molecule has 1 atom stereocenters. The van der Waals surface area contributed by atoms with E-state index >= 15 is 0 Å². The Morgan fingerprint density at radius 2 is 1.56 bits per heavy atom. The number of aliphatic hydroxyl groups excluding tert-OH is 1. The van der Waals surface area contributed by atoms with Crippen LogP contribution < -0.4 is 0 Å². The summed E-state index contributed by atoms with van der Waals surface area (Å²) < 4.78 is 20.4. The Hall–Kier alpha value is -2.20. The minimum Gasteiger partial charge on any atom is -0.386 e. The molecule has 0 bridgehead atoms. The smallest absolute Gasteiger partial charge is 0.136 e. The molecule has 0 saturated carbocycles. The summed E-state index contributed by atoms with van der Waals surface area (Å²) in [6.07, 6.45) is -1.05. The average Bonchev–Trinajstić information content (AvgIpc) is 2.63. The summed E-state index contributed by atoms with van der Waals surface area (Å²) in [5.41, 5.74) is 2.16. The van der Waals surface area contributed by atoms with Gasteiger partial charge in [0, 0.05) is 21.7 Å². The molecule has 0 fully saturated rings. The predicted molar refractivity (Wildman–Crippen MR) is 97.9 cm³/mol. The van der Waals surface area contributed by atoms with Crippen molar-refractivity contribution in [3.63, 3.8) is 0 Å². The van der Waals surface area contributed by atoms with Crippen molar-refractivity contribution < 1.29 is 14.2 Å². The summed E-state index contributed by atoms with van der Waals surface area (Å²) >= 11 is 6.16. The maximum atomic E-state index is 14.9. The zero-order chi connectivity index (χ0) is 17.6. The molecule has 2 nitrogen and oxygen atoms in total. The minimum absolute atomic E-state index is 0.0117. The van der Waals surface area contributed by atoms with Crippen LogP contribution in [0.1, 0.15) is 17.2 Å². The quantitative estimate of drug-likeness (QED) is 0.641. The van der Waals surface area contributed by atoms with E-state index in [0.29, 0.717) is 22.8 Å². The van der Waals surface area contributed by atoms with Crippen molar-refractivity contribution in [1.29, 1.82) is 0 Å². The van der Waals surface area contributed by atoms with Crippen molar-refractivity contribution >= 4 is 11.6 Å². The zero-order valence-corrected chi connectivity index (χ0v) is 14.3. The molecule has 25 heavy (non-hydrogen) atoms. The van der Waals surface area contributed by atoms with E-state index in [1.807, 2.05) is 30.3 Å². The molecule has 4 heteroatoms. The van der Waals surface area contributed by atoms with Crippen LogP contribution in [0, 0.1) is 5.82 Å². The Balaban J connectivity index is 1.74. The molecule has 1 unspecified atom stereocenters. The first-order valence-corrected chi connectivity index (χ1v) is 8.37. The topological polar surface area (TPSA) is 29.5 Å². The molecule has 0 amide bonds. The molecular weight excluding hydrogens is 339 g/mol. The van der Waals surface area contributed by atoms with Crippen molar-refractivity contribution in [3.05, 3.63) is 94.8 Å². The molecule has 0 aliphatic carbocycles. The van der Waals surface area contributed by atoms with Gasteiger partial charge in [0.1, 0.15) is 11.9 Å². The van der Waals surface area contributed by atoms with Crippen LogP contribution in [0.3, 0.4) is 0 Å². The molecular formula is C21H18ClFO2. The molecule has 0 aliphatic heterocycles. The lowest BCUT2D eigenvalue weighted by molar-refractivity contribution is 0.0261. The Kier molecular flexibility index (Phi) is 5.82. The fraction of sp³-hybridized carbons (Fsp3) is 0.143. The summed E-state index contributed by atoms with van der Waals surface area (Å²) in [5, 5.41) is 10.8. The average molecular weight is 357 g/mol.